The molecule has 1 aliphatic rings. The van der Waals surface area contributed by atoms with Crippen LogP contribution in [0.5, 0.6) is 0 Å². The third-order valence-electron chi connectivity index (χ3n) is 4.43. The number of hydrogen-bond donors (Lipinski definition) is 1. The normalized spacial score (nSPS) is 12.7. The number of nitrogens with one attached hydrogen (secondary N) is 1. The van der Waals surface area contributed by atoms with Crippen LogP contribution >= 0.6 is 11.8 Å². The zero-order valence-corrected chi connectivity index (χ0v) is 15.8. The summed E-state index contributed by atoms with van der Waals surface area (Å²) in [6.07, 6.45) is 3.36. The molecular weight excluding hydrogens is 344 g/mol. The molecule has 0 radical (unpaired) electrons. The maximum Gasteiger partial charge on any atom is 0.237 e. The Labute approximate surface area is 159 Å². The first-order chi connectivity index (χ1) is 12.7. The van der Waals surface area contributed by atoms with Gasteiger partial charge in [0.2, 0.25) is 11.8 Å². The predicted molar refractivity (Wildman–Crippen MR) is 108 cm³/mol. The van der Waals surface area contributed by atoms with Gasteiger partial charge < -0.3 is 10.2 Å². The summed E-state index contributed by atoms with van der Waals surface area (Å²) in [6, 6.07) is 15.8. The highest BCUT2D eigenvalue weighted by Crippen LogP contribution is 2.29. The van der Waals surface area contributed by atoms with E-state index in [2.05, 4.69) is 18.3 Å². The summed E-state index contributed by atoms with van der Waals surface area (Å²) in [7, 11) is 0. The summed E-state index contributed by atoms with van der Waals surface area (Å²) >= 11 is 1.51. The molecule has 4 nitrogen and oxygen atoms in total. The van der Waals surface area contributed by atoms with Crippen molar-refractivity contribution in [1.29, 1.82) is 0 Å². The number of unbranched alkanes of at least 4 members (excludes halogenated alkanes) is 1. The average molecular weight is 369 g/mol. The standard InChI is InChI=1S/C21H24N2O2S/c1-2-3-11-20(24)22-17-8-6-9-18(14-17)26-15-21(25)23-13-12-16-7-4-5-10-19(16)23/h4-10,14H,2-3,11-13,15H2,1H3,(H,22,24). The molecule has 0 spiro atoms. The molecule has 1 N–H and O–H groups in total. The summed E-state index contributed by atoms with van der Waals surface area (Å²) in [4.78, 5) is 27.3. The quantitative estimate of drug-likeness (QED) is 0.732. The number of para-hydroxylation sites is 1. The first-order valence-corrected chi connectivity index (χ1v) is 10.1. The second-order valence-corrected chi connectivity index (χ2v) is 7.44. The van der Waals surface area contributed by atoms with Gasteiger partial charge in [-0.25, -0.2) is 0 Å². The van der Waals surface area contributed by atoms with Gasteiger partial charge >= 0.3 is 0 Å². The monoisotopic (exact) mass is 368 g/mol. The molecule has 136 valence electrons. The molecule has 0 saturated carbocycles. The molecule has 1 heterocycles. The number of nitrogens with zero attached hydrogens (tertiary/aromatic N) is 1. The van der Waals surface area contributed by atoms with Crippen molar-refractivity contribution in [2.45, 2.75) is 37.5 Å². The fraction of sp³-hybridized carbons (Fsp3) is 0.333. The highest BCUT2D eigenvalue weighted by Gasteiger charge is 2.23. The molecule has 3 rings (SSSR count). The lowest BCUT2D eigenvalue weighted by atomic mass is 10.2. The molecule has 0 fully saturated rings. The molecule has 26 heavy (non-hydrogen) atoms. The lowest BCUT2D eigenvalue weighted by Gasteiger charge is -2.17. The van der Waals surface area contributed by atoms with Gasteiger partial charge in [-0.1, -0.05) is 37.6 Å². The van der Waals surface area contributed by atoms with Gasteiger partial charge in [0.15, 0.2) is 0 Å². The molecule has 0 aromatic heterocycles. The second-order valence-electron chi connectivity index (χ2n) is 6.39. The Morgan fingerprint density at radius 1 is 1.15 bits per heavy atom. The minimum absolute atomic E-state index is 0.0405. The number of carbonyl (C=O) groups is 2. The van der Waals surface area contributed by atoms with Gasteiger partial charge in [0, 0.05) is 29.2 Å². The fourth-order valence-electron chi connectivity index (χ4n) is 3.04. The number of thioether (sulfide) groups is 1. The van der Waals surface area contributed by atoms with Gasteiger partial charge in [0.05, 0.1) is 5.75 Å². The van der Waals surface area contributed by atoms with E-state index in [1.807, 2.05) is 47.4 Å². The molecule has 2 aromatic carbocycles. The van der Waals surface area contributed by atoms with E-state index in [1.54, 1.807) is 0 Å². The molecule has 0 bridgehead atoms. The molecule has 2 aromatic rings. The number of rotatable bonds is 7. The molecule has 5 heteroatoms. The third-order valence-corrected chi connectivity index (χ3v) is 5.40. The number of fused-ring (bicyclic) bond motifs is 1. The molecule has 0 saturated heterocycles. The summed E-state index contributed by atoms with van der Waals surface area (Å²) in [6.45, 7) is 2.83. The summed E-state index contributed by atoms with van der Waals surface area (Å²) in [5.74, 6) is 0.553. The molecule has 0 unspecified atom stereocenters. The molecule has 2 amide bonds. The van der Waals surface area contributed by atoms with Gasteiger partial charge in [-0.2, -0.15) is 0 Å². The highest BCUT2D eigenvalue weighted by molar-refractivity contribution is 8.00. The lowest BCUT2D eigenvalue weighted by molar-refractivity contribution is -0.117. The number of anilines is 2. The van der Waals surface area contributed by atoms with Crippen molar-refractivity contribution in [3.05, 3.63) is 54.1 Å². The number of carbonyl (C=O) groups excluding carboxylic acids is 2. The maximum atomic E-state index is 12.6. The van der Waals surface area contributed by atoms with Gasteiger partial charge in [0.1, 0.15) is 0 Å². The van der Waals surface area contributed by atoms with Crippen LogP contribution in [-0.2, 0) is 16.0 Å². The zero-order valence-electron chi connectivity index (χ0n) is 15.0. The average Bonchev–Trinajstić information content (AvgIpc) is 3.09. The first-order valence-electron chi connectivity index (χ1n) is 9.08. The van der Waals surface area contributed by atoms with E-state index in [4.69, 9.17) is 0 Å². The minimum atomic E-state index is 0.0405. The van der Waals surface area contributed by atoms with E-state index >= 15 is 0 Å². The molecular formula is C21H24N2O2S. The Balaban J connectivity index is 1.56. The Morgan fingerprint density at radius 2 is 2.00 bits per heavy atom. The summed E-state index contributed by atoms with van der Waals surface area (Å²) < 4.78 is 0. The van der Waals surface area contributed by atoms with Crippen LogP contribution in [0, 0.1) is 0 Å². The van der Waals surface area contributed by atoms with Crippen molar-refractivity contribution in [2.75, 3.05) is 22.5 Å². The van der Waals surface area contributed by atoms with Crippen LogP contribution in [0.1, 0.15) is 31.7 Å². The van der Waals surface area contributed by atoms with E-state index in [9.17, 15) is 9.59 Å². The van der Waals surface area contributed by atoms with Crippen LogP contribution in [0.3, 0.4) is 0 Å². The van der Waals surface area contributed by atoms with Crippen molar-refractivity contribution in [1.82, 2.24) is 0 Å². The van der Waals surface area contributed by atoms with Crippen LogP contribution < -0.4 is 10.2 Å². The fourth-order valence-corrected chi connectivity index (χ4v) is 3.88. The second kappa shape index (κ2) is 8.90. The van der Waals surface area contributed by atoms with E-state index in [0.717, 1.165) is 42.1 Å². The largest absolute Gasteiger partial charge is 0.326 e. The molecule has 0 aliphatic carbocycles. The van der Waals surface area contributed by atoms with Gasteiger partial charge in [-0.3, -0.25) is 9.59 Å². The number of amides is 2. The topological polar surface area (TPSA) is 49.4 Å². The third kappa shape index (κ3) is 4.67. The highest BCUT2D eigenvalue weighted by atomic mass is 32.2. The first kappa shape index (κ1) is 18.5. The van der Waals surface area contributed by atoms with Crippen molar-refractivity contribution < 1.29 is 9.59 Å². The number of benzene rings is 2. The van der Waals surface area contributed by atoms with Gasteiger partial charge in [-0.15, -0.1) is 11.8 Å². The SMILES string of the molecule is CCCCC(=O)Nc1cccc(SCC(=O)N2CCc3ccccc32)c1. The Hall–Kier alpha value is -2.27. The van der Waals surface area contributed by atoms with Crippen LogP contribution in [0.15, 0.2) is 53.4 Å². The smallest absolute Gasteiger partial charge is 0.237 e. The molecule has 0 atom stereocenters. The minimum Gasteiger partial charge on any atom is -0.326 e. The van der Waals surface area contributed by atoms with Gasteiger partial charge in [-0.05, 0) is 42.7 Å². The van der Waals surface area contributed by atoms with E-state index in [1.165, 1.54) is 17.3 Å². The molecule has 1 aliphatic heterocycles. The van der Waals surface area contributed by atoms with Crippen molar-refractivity contribution in [2.24, 2.45) is 0 Å². The van der Waals surface area contributed by atoms with Crippen molar-refractivity contribution >= 4 is 35.0 Å². The number of hydrogen-bond acceptors (Lipinski definition) is 3. The Kier molecular flexibility index (Phi) is 6.34. The van der Waals surface area contributed by atoms with Crippen LogP contribution in [0.4, 0.5) is 11.4 Å². The van der Waals surface area contributed by atoms with Crippen molar-refractivity contribution in [3.63, 3.8) is 0 Å². The van der Waals surface area contributed by atoms with E-state index < -0.39 is 0 Å². The summed E-state index contributed by atoms with van der Waals surface area (Å²) in [5, 5.41) is 2.93. The maximum absolute atomic E-state index is 12.6. The zero-order chi connectivity index (χ0) is 18.4. The van der Waals surface area contributed by atoms with Crippen LogP contribution in [0.25, 0.3) is 0 Å². The van der Waals surface area contributed by atoms with E-state index in [0.29, 0.717) is 12.2 Å². The summed E-state index contributed by atoms with van der Waals surface area (Å²) in [5.41, 5.74) is 3.06. The van der Waals surface area contributed by atoms with Crippen molar-refractivity contribution in [3.8, 4) is 0 Å². The van der Waals surface area contributed by atoms with Crippen LogP contribution in [-0.4, -0.2) is 24.1 Å². The van der Waals surface area contributed by atoms with E-state index in [-0.39, 0.29) is 11.8 Å². The van der Waals surface area contributed by atoms with Crippen LogP contribution in [0.2, 0.25) is 0 Å². The Bertz CT molecular complexity index is 791. The predicted octanol–water partition coefficient (Wildman–Crippen LogP) is 4.50. The Morgan fingerprint density at radius 3 is 2.85 bits per heavy atom. The lowest BCUT2D eigenvalue weighted by Crippen LogP contribution is -2.30. The van der Waals surface area contributed by atoms with Gasteiger partial charge in [0.25, 0.3) is 0 Å².